The fourth-order valence-electron chi connectivity index (χ4n) is 3.15. The summed E-state index contributed by atoms with van der Waals surface area (Å²) in [6.45, 7) is 9.44. The predicted molar refractivity (Wildman–Crippen MR) is 126 cm³/mol. The summed E-state index contributed by atoms with van der Waals surface area (Å²) in [5.41, 5.74) is 1.60. The molecule has 0 bridgehead atoms. The highest BCUT2D eigenvalue weighted by molar-refractivity contribution is 6.36. The molecule has 0 spiro atoms. The van der Waals surface area contributed by atoms with Crippen LogP contribution < -0.4 is 10.1 Å². The molecule has 2 amide bonds. The summed E-state index contributed by atoms with van der Waals surface area (Å²) in [5.74, 6) is 0.316. The van der Waals surface area contributed by atoms with E-state index in [0.29, 0.717) is 21.4 Å². The first-order valence-corrected chi connectivity index (χ1v) is 11.1. The molecule has 31 heavy (non-hydrogen) atoms. The van der Waals surface area contributed by atoms with E-state index >= 15 is 0 Å². The predicted octanol–water partition coefficient (Wildman–Crippen LogP) is 5.44. The van der Waals surface area contributed by atoms with E-state index in [4.69, 9.17) is 27.9 Å². The molecule has 7 heteroatoms. The lowest BCUT2D eigenvalue weighted by Gasteiger charge is -2.30. The summed E-state index contributed by atoms with van der Waals surface area (Å²) in [5, 5.41) is 3.73. The molecule has 1 N–H and O–H groups in total. The Bertz CT molecular complexity index is 895. The van der Waals surface area contributed by atoms with Gasteiger partial charge in [-0.05, 0) is 50.5 Å². The third kappa shape index (κ3) is 6.88. The molecule has 0 saturated carbocycles. The summed E-state index contributed by atoms with van der Waals surface area (Å²) in [7, 11) is 0. The van der Waals surface area contributed by atoms with Gasteiger partial charge in [0.2, 0.25) is 5.91 Å². The van der Waals surface area contributed by atoms with E-state index in [2.05, 4.69) is 19.2 Å². The van der Waals surface area contributed by atoms with Gasteiger partial charge in [-0.1, -0.05) is 61.3 Å². The Kier molecular flexibility index (Phi) is 9.20. The maximum absolute atomic E-state index is 13.2. The Hall–Kier alpha value is -2.24. The Morgan fingerprint density at radius 1 is 0.968 bits per heavy atom. The summed E-state index contributed by atoms with van der Waals surface area (Å²) < 4.78 is 5.86. The first-order valence-electron chi connectivity index (χ1n) is 10.4. The number of rotatable bonds is 9. The van der Waals surface area contributed by atoms with Crippen LogP contribution in [0.3, 0.4) is 0 Å². The zero-order valence-corrected chi connectivity index (χ0v) is 20.1. The minimum atomic E-state index is -0.730. The van der Waals surface area contributed by atoms with E-state index in [1.54, 1.807) is 25.1 Å². The van der Waals surface area contributed by atoms with E-state index in [-0.39, 0.29) is 36.9 Å². The number of nitrogens with zero attached hydrogens (tertiary/aromatic N) is 1. The van der Waals surface area contributed by atoms with Crippen LogP contribution in [0.1, 0.15) is 51.7 Å². The van der Waals surface area contributed by atoms with Crippen molar-refractivity contribution in [3.05, 3.63) is 63.6 Å². The van der Waals surface area contributed by atoms with Crippen LogP contribution in [-0.2, 0) is 16.1 Å². The minimum absolute atomic E-state index is 0.0510. The van der Waals surface area contributed by atoms with Crippen LogP contribution in [0, 0.1) is 0 Å². The average Bonchev–Trinajstić information content (AvgIpc) is 2.71. The van der Waals surface area contributed by atoms with E-state index in [9.17, 15) is 9.59 Å². The molecule has 0 fully saturated rings. The Labute approximate surface area is 194 Å². The number of halogens is 2. The van der Waals surface area contributed by atoms with Gasteiger partial charge >= 0.3 is 0 Å². The molecule has 1 atom stereocenters. The van der Waals surface area contributed by atoms with Gasteiger partial charge in [-0.3, -0.25) is 9.59 Å². The standard InChI is InChI=1S/C24H30Cl2N2O3/c1-15(2)18-9-6-7-12-22(18)31-14-23(29)28(17(5)24(30)27-16(3)4)13-19-20(25)10-8-11-21(19)26/h6-12,15-17H,13-14H2,1-5H3,(H,27,30)/t17-/m1/s1. The monoisotopic (exact) mass is 464 g/mol. The van der Waals surface area contributed by atoms with Crippen LogP contribution in [0.4, 0.5) is 0 Å². The highest BCUT2D eigenvalue weighted by Gasteiger charge is 2.28. The molecule has 0 saturated heterocycles. The lowest BCUT2D eigenvalue weighted by Crippen LogP contribution is -2.50. The maximum atomic E-state index is 13.2. The van der Waals surface area contributed by atoms with Crippen LogP contribution in [-0.4, -0.2) is 35.4 Å². The van der Waals surface area contributed by atoms with Crippen molar-refractivity contribution >= 4 is 35.0 Å². The molecule has 0 unspecified atom stereocenters. The van der Waals surface area contributed by atoms with Crippen LogP contribution in [0.5, 0.6) is 5.75 Å². The van der Waals surface area contributed by atoms with E-state index in [0.717, 1.165) is 5.56 Å². The molecule has 0 heterocycles. The number of nitrogens with one attached hydrogen (secondary N) is 1. The lowest BCUT2D eigenvalue weighted by atomic mass is 10.0. The van der Waals surface area contributed by atoms with E-state index < -0.39 is 6.04 Å². The van der Waals surface area contributed by atoms with Crippen LogP contribution in [0.25, 0.3) is 0 Å². The van der Waals surface area contributed by atoms with Gasteiger partial charge in [0.1, 0.15) is 11.8 Å². The van der Waals surface area contributed by atoms with Crippen molar-refractivity contribution in [2.24, 2.45) is 0 Å². The Morgan fingerprint density at radius 2 is 1.58 bits per heavy atom. The molecular formula is C24H30Cl2N2O3. The first kappa shape index (κ1) is 25.0. The van der Waals surface area contributed by atoms with Gasteiger partial charge in [-0.2, -0.15) is 0 Å². The molecule has 2 rings (SSSR count). The number of benzene rings is 2. The lowest BCUT2D eigenvalue weighted by molar-refractivity contribution is -0.142. The van der Waals surface area contributed by atoms with Crippen LogP contribution in [0.2, 0.25) is 10.0 Å². The molecule has 0 aliphatic rings. The van der Waals surface area contributed by atoms with Gasteiger partial charge in [0, 0.05) is 28.2 Å². The SMILES string of the molecule is CC(C)NC(=O)[C@@H](C)N(Cc1c(Cl)cccc1Cl)C(=O)COc1ccccc1C(C)C. The van der Waals surface area contributed by atoms with Crippen molar-refractivity contribution in [2.45, 2.75) is 59.2 Å². The third-order valence-electron chi connectivity index (χ3n) is 4.88. The number of carbonyl (C=O) groups is 2. The second-order valence-electron chi connectivity index (χ2n) is 8.04. The number of para-hydroxylation sites is 1. The third-order valence-corrected chi connectivity index (χ3v) is 5.59. The van der Waals surface area contributed by atoms with Crippen molar-refractivity contribution in [3.63, 3.8) is 0 Å². The molecular weight excluding hydrogens is 435 g/mol. The number of ether oxygens (including phenoxy) is 1. The summed E-state index contributed by atoms with van der Waals surface area (Å²) in [6, 6.07) is 12.0. The zero-order valence-electron chi connectivity index (χ0n) is 18.6. The van der Waals surface area contributed by atoms with Crippen LogP contribution >= 0.6 is 23.2 Å². The molecule has 168 valence electrons. The maximum Gasteiger partial charge on any atom is 0.261 e. The van der Waals surface area contributed by atoms with Crippen molar-refractivity contribution in [1.82, 2.24) is 10.2 Å². The van der Waals surface area contributed by atoms with Crippen molar-refractivity contribution in [2.75, 3.05) is 6.61 Å². The smallest absolute Gasteiger partial charge is 0.261 e. The number of hydrogen-bond acceptors (Lipinski definition) is 3. The van der Waals surface area contributed by atoms with Gasteiger partial charge in [0.15, 0.2) is 6.61 Å². The molecule has 0 aromatic heterocycles. The zero-order chi connectivity index (χ0) is 23.1. The van der Waals surface area contributed by atoms with Crippen molar-refractivity contribution < 1.29 is 14.3 Å². The normalized spacial score (nSPS) is 12.0. The van der Waals surface area contributed by atoms with Gasteiger partial charge in [0.05, 0.1) is 0 Å². The van der Waals surface area contributed by atoms with E-state index in [1.807, 2.05) is 38.1 Å². The fourth-order valence-corrected chi connectivity index (χ4v) is 3.67. The van der Waals surface area contributed by atoms with Gasteiger partial charge < -0.3 is 15.0 Å². The molecule has 0 aliphatic heterocycles. The van der Waals surface area contributed by atoms with Crippen LogP contribution in [0.15, 0.2) is 42.5 Å². The van der Waals surface area contributed by atoms with Gasteiger partial charge in [-0.15, -0.1) is 0 Å². The number of hydrogen-bond donors (Lipinski definition) is 1. The molecule has 2 aromatic carbocycles. The Morgan fingerprint density at radius 3 is 2.16 bits per heavy atom. The van der Waals surface area contributed by atoms with Crippen molar-refractivity contribution in [3.8, 4) is 5.75 Å². The summed E-state index contributed by atoms with van der Waals surface area (Å²) in [4.78, 5) is 27.3. The molecule has 2 aromatic rings. The largest absolute Gasteiger partial charge is 0.483 e. The molecule has 0 radical (unpaired) electrons. The quantitative estimate of drug-likeness (QED) is 0.537. The highest BCUT2D eigenvalue weighted by atomic mass is 35.5. The topological polar surface area (TPSA) is 58.6 Å². The number of amides is 2. The Balaban J connectivity index is 2.27. The minimum Gasteiger partial charge on any atom is -0.483 e. The average molecular weight is 465 g/mol. The van der Waals surface area contributed by atoms with E-state index in [1.165, 1.54) is 4.90 Å². The fraction of sp³-hybridized carbons (Fsp3) is 0.417. The van der Waals surface area contributed by atoms with Gasteiger partial charge in [0.25, 0.3) is 5.91 Å². The second kappa shape index (κ2) is 11.4. The highest BCUT2D eigenvalue weighted by Crippen LogP contribution is 2.28. The van der Waals surface area contributed by atoms with Gasteiger partial charge in [-0.25, -0.2) is 0 Å². The second-order valence-corrected chi connectivity index (χ2v) is 8.86. The molecule has 0 aliphatic carbocycles. The summed E-state index contributed by atoms with van der Waals surface area (Å²) >= 11 is 12.6. The van der Waals surface area contributed by atoms with Crippen molar-refractivity contribution in [1.29, 1.82) is 0 Å². The summed E-state index contributed by atoms with van der Waals surface area (Å²) in [6.07, 6.45) is 0. The first-order chi connectivity index (χ1) is 14.6. The molecule has 5 nitrogen and oxygen atoms in total. The number of carbonyl (C=O) groups excluding carboxylic acids is 2.